The van der Waals surface area contributed by atoms with E-state index in [-0.39, 0.29) is 5.28 Å². The zero-order chi connectivity index (χ0) is 14.8. The third kappa shape index (κ3) is 2.61. The molecule has 4 heteroatoms. The Hall–Kier alpha value is -2.26. The van der Waals surface area contributed by atoms with Crippen LogP contribution in [0, 0.1) is 0 Å². The van der Waals surface area contributed by atoms with E-state index in [9.17, 15) is 0 Å². The Kier molecular flexibility index (Phi) is 2.62. The minimum atomic E-state index is 0.0840. The fraction of sp³-hybridized carbons (Fsp3) is 0. The largest absolute Gasteiger partial charge is 0.226 e. The van der Waals surface area contributed by atoms with E-state index in [0.717, 1.165) is 0 Å². The van der Waals surface area contributed by atoms with Crippen molar-refractivity contribution >= 4 is 11.6 Å². The number of nitrogens with zero attached hydrogens (tertiary/aromatic N) is 3. The topological polar surface area (TPSA) is 38.7 Å². The van der Waals surface area contributed by atoms with Crippen LogP contribution in [0.25, 0.3) is 22.8 Å². The quantitative estimate of drug-likeness (QED) is 0.709. The van der Waals surface area contributed by atoms with E-state index >= 15 is 0 Å². The van der Waals surface area contributed by atoms with Gasteiger partial charge in [-0.15, -0.1) is 0 Å². The molecule has 0 amide bonds. The molecule has 0 radical (unpaired) electrons. The van der Waals surface area contributed by atoms with Crippen LogP contribution in [-0.2, 0) is 0 Å². The van der Waals surface area contributed by atoms with Gasteiger partial charge in [-0.2, -0.15) is 9.97 Å². The van der Waals surface area contributed by atoms with Gasteiger partial charge >= 0.3 is 0 Å². The molecule has 0 aliphatic heterocycles. The van der Waals surface area contributed by atoms with Crippen molar-refractivity contribution in [2.24, 2.45) is 0 Å². The first-order valence-electron chi connectivity index (χ1n) is 6.67. The number of rotatable bonds is 2. The van der Waals surface area contributed by atoms with Crippen molar-refractivity contribution < 1.29 is 2.74 Å². The Labute approximate surface area is 118 Å². The van der Waals surface area contributed by atoms with Crippen molar-refractivity contribution in [2.75, 3.05) is 0 Å². The van der Waals surface area contributed by atoms with Crippen molar-refractivity contribution in [3.05, 3.63) is 65.9 Å². The van der Waals surface area contributed by atoms with Gasteiger partial charge in [-0.1, -0.05) is 60.6 Å². The van der Waals surface area contributed by atoms with Crippen LogP contribution in [0.2, 0.25) is 5.28 Å². The first-order chi connectivity index (χ1) is 10.1. The standard InChI is InChI=1S/C15H10ClN3/c16-15-18-13(11-7-3-1-4-8-11)17-14(19-15)12-9-5-2-6-10-12/h1-10H/i3D,5D. The molecule has 0 unspecified atom stereocenters. The molecule has 3 nitrogen and oxygen atoms in total. The van der Waals surface area contributed by atoms with Gasteiger partial charge in [0.1, 0.15) is 0 Å². The van der Waals surface area contributed by atoms with E-state index in [2.05, 4.69) is 15.0 Å². The number of halogens is 1. The molecule has 0 aliphatic carbocycles. The molecule has 0 saturated heterocycles. The minimum absolute atomic E-state index is 0.0840. The van der Waals surface area contributed by atoms with Gasteiger partial charge < -0.3 is 0 Å². The van der Waals surface area contributed by atoms with Crippen molar-refractivity contribution in [1.82, 2.24) is 15.0 Å². The monoisotopic (exact) mass is 269 g/mol. The van der Waals surface area contributed by atoms with E-state index < -0.39 is 0 Å². The molecule has 19 heavy (non-hydrogen) atoms. The van der Waals surface area contributed by atoms with Gasteiger partial charge in [0.05, 0.1) is 2.74 Å². The number of benzene rings is 2. The van der Waals surface area contributed by atoms with Crippen molar-refractivity contribution in [3.63, 3.8) is 0 Å². The molecule has 3 aromatic rings. The maximum Gasteiger partial charge on any atom is 0.226 e. The molecule has 0 fully saturated rings. The van der Waals surface area contributed by atoms with Gasteiger partial charge in [0, 0.05) is 11.1 Å². The molecule has 0 bridgehead atoms. The summed E-state index contributed by atoms with van der Waals surface area (Å²) in [6.07, 6.45) is 0. The van der Waals surface area contributed by atoms with Crippen LogP contribution in [0.5, 0.6) is 0 Å². The van der Waals surface area contributed by atoms with Crippen LogP contribution in [0.4, 0.5) is 0 Å². The van der Waals surface area contributed by atoms with Gasteiger partial charge in [-0.3, -0.25) is 0 Å². The first-order valence-corrected chi connectivity index (χ1v) is 6.05. The van der Waals surface area contributed by atoms with Gasteiger partial charge in [-0.25, -0.2) is 4.98 Å². The summed E-state index contributed by atoms with van der Waals surface area (Å²) in [7, 11) is 0. The lowest BCUT2D eigenvalue weighted by molar-refractivity contribution is 1.07. The Morgan fingerprint density at radius 2 is 1.26 bits per heavy atom. The Morgan fingerprint density at radius 3 is 1.74 bits per heavy atom. The molecular formula is C15H10ClN3. The van der Waals surface area contributed by atoms with Crippen LogP contribution >= 0.6 is 11.6 Å². The SMILES string of the molecule is [2H]c1cccc(-c2nc(Cl)nc(-c3cccc([2H])c3)n2)c1. The maximum atomic E-state index is 7.66. The Morgan fingerprint density at radius 1 is 0.737 bits per heavy atom. The fourth-order valence-corrected chi connectivity index (χ4v) is 1.83. The summed E-state index contributed by atoms with van der Waals surface area (Å²) in [6.45, 7) is 0. The van der Waals surface area contributed by atoms with Gasteiger partial charge in [0.25, 0.3) is 0 Å². The predicted octanol–water partition coefficient (Wildman–Crippen LogP) is 3.86. The van der Waals surface area contributed by atoms with Crippen molar-refractivity contribution in [1.29, 1.82) is 0 Å². The molecule has 92 valence electrons. The first kappa shape index (κ1) is 9.64. The van der Waals surface area contributed by atoms with E-state index in [1.165, 1.54) is 0 Å². The summed E-state index contributed by atoms with van der Waals surface area (Å²) < 4.78 is 15.3. The number of hydrogen-bond donors (Lipinski definition) is 0. The van der Waals surface area contributed by atoms with E-state index in [1.54, 1.807) is 36.4 Å². The lowest BCUT2D eigenvalue weighted by Gasteiger charge is -2.04. The lowest BCUT2D eigenvalue weighted by Crippen LogP contribution is -1.96. The van der Waals surface area contributed by atoms with Crippen LogP contribution in [0.1, 0.15) is 2.74 Å². The molecule has 0 atom stereocenters. The highest BCUT2D eigenvalue weighted by Gasteiger charge is 2.08. The summed E-state index contributed by atoms with van der Waals surface area (Å²) in [5.74, 6) is 0.823. The molecule has 0 spiro atoms. The summed E-state index contributed by atoms with van der Waals surface area (Å²) in [6, 6.07) is 14.6. The highest BCUT2D eigenvalue weighted by Crippen LogP contribution is 2.21. The minimum Gasteiger partial charge on any atom is -0.208 e. The van der Waals surface area contributed by atoms with E-state index in [4.69, 9.17) is 14.3 Å². The molecule has 0 saturated carbocycles. The zero-order valence-corrected chi connectivity index (χ0v) is 10.6. The molecule has 1 aromatic heterocycles. The lowest BCUT2D eigenvalue weighted by atomic mass is 10.2. The second-order valence-electron chi connectivity index (χ2n) is 3.84. The second-order valence-corrected chi connectivity index (χ2v) is 4.17. The van der Waals surface area contributed by atoms with Crippen molar-refractivity contribution in [3.8, 4) is 22.8 Å². The molecule has 3 rings (SSSR count). The summed E-state index contributed by atoms with van der Waals surface area (Å²) in [4.78, 5) is 12.6. The van der Waals surface area contributed by atoms with Crippen molar-refractivity contribution in [2.45, 2.75) is 0 Å². The van der Waals surface area contributed by atoms with Crippen LogP contribution in [-0.4, -0.2) is 15.0 Å². The Bertz CT molecular complexity index is 745. The highest BCUT2D eigenvalue weighted by molar-refractivity contribution is 6.28. The summed E-state index contributed by atoms with van der Waals surface area (Å²) >= 11 is 5.97. The smallest absolute Gasteiger partial charge is 0.208 e. The summed E-state index contributed by atoms with van der Waals surface area (Å²) in [5, 5.41) is 0.0840. The average Bonchev–Trinajstić information content (AvgIpc) is 2.46. The highest BCUT2D eigenvalue weighted by atomic mass is 35.5. The summed E-state index contributed by atoms with van der Waals surface area (Å²) in [5.41, 5.74) is 1.41. The van der Waals surface area contributed by atoms with Gasteiger partial charge in [0.15, 0.2) is 11.6 Å². The molecule has 0 N–H and O–H groups in total. The average molecular weight is 270 g/mol. The molecule has 2 aromatic carbocycles. The fourth-order valence-electron chi connectivity index (χ4n) is 1.67. The van der Waals surface area contributed by atoms with Crippen LogP contribution in [0.15, 0.2) is 60.6 Å². The molecular weight excluding hydrogens is 258 g/mol. The maximum absolute atomic E-state index is 7.66. The second kappa shape index (κ2) is 5.16. The molecule has 1 heterocycles. The molecule has 0 aliphatic rings. The third-order valence-electron chi connectivity index (χ3n) is 2.54. The number of hydrogen-bond acceptors (Lipinski definition) is 3. The normalized spacial score (nSPS) is 11.8. The van der Waals surface area contributed by atoms with E-state index in [0.29, 0.717) is 34.9 Å². The van der Waals surface area contributed by atoms with Gasteiger partial charge in [-0.05, 0) is 11.6 Å². The van der Waals surface area contributed by atoms with Gasteiger partial charge in [0.2, 0.25) is 5.28 Å². The Balaban J connectivity index is 2.12. The third-order valence-corrected chi connectivity index (χ3v) is 2.71. The number of aromatic nitrogens is 3. The predicted molar refractivity (Wildman–Crippen MR) is 75.7 cm³/mol. The van der Waals surface area contributed by atoms with E-state index in [1.807, 2.05) is 12.1 Å². The van der Waals surface area contributed by atoms with Crippen LogP contribution < -0.4 is 0 Å². The van der Waals surface area contributed by atoms with Crippen LogP contribution in [0.3, 0.4) is 0 Å². The zero-order valence-electron chi connectivity index (χ0n) is 11.8.